The van der Waals surface area contributed by atoms with Gasteiger partial charge >= 0.3 is 6.18 Å². The van der Waals surface area contributed by atoms with Gasteiger partial charge in [0, 0.05) is 12.1 Å². The number of aryl methyl sites for hydroxylation is 1. The number of carbonyl (C=O) groups excluding carboxylic acids is 1. The molecule has 1 aromatic carbocycles. The van der Waals surface area contributed by atoms with E-state index in [1.54, 1.807) is 22.9 Å². The van der Waals surface area contributed by atoms with E-state index in [2.05, 4.69) is 25.4 Å². The second-order valence-electron chi connectivity index (χ2n) is 7.64. The molecule has 0 saturated heterocycles. The van der Waals surface area contributed by atoms with Crippen LogP contribution < -0.4 is 5.32 Å². The van der Waals surface area contributed by atoms with Gasteiger partial charge in [0.05, 0.1) is 40.9 Å². The largest absolute Gasteiger partial charge is 0.433 e. The molecule has 1 aliphatic rings. The minimum absolute atomic E-state index is 0.0436. The van der Waals surface area contributed by atoms with Gasteiger partial charge in [-0.3, -0.25) is 14.5 Å². The lowest BCUT2D eigenvalue weighted by Crippen LogP contribution is -2.33. The summed E-state index contributed by atoms with van der Waals surface area (Å²) < 4.78 is 55.0. The lowest BCUT2D eigenvalue weighted by atomic mass is 10.0. The molecular weight excluding hydrogens is 440 g/mol. The van der Waals surface area contributed by atoms with Gasteiger partial charge < -0.3 is 5.32 Å². The van der Waals surface area contributed by atoms with E-state index in [-0.39, 0.29) is 17.0 Å². The Morgan fingerprint density at radius 1 is 1.09 bits per heavy atom. The van der Waals surface area contributed by atoms with Crippen molar-refractivity contribution in [2.75, 3.05) is 0 Å². The van der Waals surface area contributed by atoms with Crippen LogP contribution in [0.5, 0.6) is 0 Å². The summed E-state index contributed by atoms with van der Waals surface area (Å²) >= 11 is 0. The van der Waals surface area contributed by atoms with Crippen molar-refractivity contribution < 1.29 is 22.4 Å². The van der Waals surface area contributed by atoms with Crippen LogP contribution in [0.15, 0.2) is 48.8 Å². The molecule has 5 rings (SSSR count). The highest BCUT2D eigenvalue weighted by Crippen LogP contribution is 2.34. The van der Waals surface area contributed by atoms with Crippen LogP contribution in [-0.4, -0.2) is 30.6 Å². The Labute approximate surface area is 184 Å². The maximum Gasteiger partial charge on any atom is 0.433 e. The first-order valence-electron chi connectivity index (χ1n) is 10.1. The molecule has 1 N–H and O–H groups in total. The molecule has 168 valence electrons. The van der Waals surface area contributed by atoms with Gasteiger partial charge in [-0.2, -0.15) is 18.3 Å². The van der Waals surface area contributed by atoms with Crippen molar-refractivity contribution in [1.82, 2.24) is 30.0 Å². The van der Waals surface area contributed by atoms with Gasteiger partial charge in [0.1, 0.15) is 11.4 Å². The van der Waals surface area contributed by atoms with Gasteiger partial charge in [-0.25, -0.2) is 14.4 Å². The number of hydrogen-bond donors (Lipinski definition) is 1. The van der Waals surface area contributed by atoms with Crippen LogP contribution >= 0.6 is 0 Å². The molecule has 11 heteroatoms. The van der Waals surface area contributed by atoms with Crippen molar-refractivity contribution in [2.24, 2.45) is 0 Å². The highest BCUT2D eigenvalue weighted by molar-refractivity contribution is 5.94. The Morgan fingerprint density at radius 3 is 2.67 bits per heavy atom. The number of carbonyl (C=O) groups is 1. The number of benzene rings is 1. The number of nitrogens with one attached hydrogen (secondary N) is 1. The van der Waals surface area contributed by atoms with Crippen LogP contribution in [-0.2, 0) is 12.7 Å². The van der Waals surface area contributed by atoms with Gasteiger partial charge in [0.25, 0.3) is 5.91 Å². The molecule has 0 saturated carbocycles. The maximum absolute atomic E-state index is 14.3. The van der Waals surface area contributed by atoms with Crippen molar-refractivity contribution in [1.29, 1.82) is 0 Å². The number of hydrogen-bond acceptors (Lipinski definition) is 5. The second kappa shape index (κ2) is 7.91. The van der Waals surface area contributed by atoms with E-state index in [4.69, 9.17) is 0 Å². The van der Waals surface area contributed by atoms with Gasteiger partial charge in [-0.15, -0.1) is 0 Å². The maximum atomic E-state index is 14.3. The van der Waals surface area contributed by atoms with Crippen LogP contribution in [0.3, 0.4) is 0 Å². The van der Waals surface area contributed by atoms with Gasteiger partial charge in [0.2, 0.25) is 0 Å². The Hall–Kier alpha value is -3.89. The van der Waals surface area contributed by atoms with E-state index < -0.39 is 29.6 Å². The fraction of sp³-hybridized carbons (Fsp3) is 0.227. The second-order valence-corrected chi connectivity index (χ2v) is 7.64. The number of aromatic nitrogens is 5. The quantitative estimate of drug-likeness (QED) is 0.465. The number of amides is 1. The highest BCUT2D eigenvalue weighted by Gasteiger charge is 2.34. The third-order valence-electron chi connectivity index (χ3n) is 5.44. The third-order valence-corrected chi connectivity index (χ3v) is 5.44. The molecule has 1 aliphatic heterocycles. The predicted octanol–water partition coefficient (Wildman–Crippen LogP) is 4.31. The molecule has 0 fully saturated rings. The smallest absolute Gasteiger partial charge is 0.342 e. The Kier molecular flexibility index (Phi) is 5.03. The SMILES string of the molecule is O=C(NC1CCCn2nc(-c3cc(C(F)(F)F)ncc3F)cc21)c1cnc2ccccc2n1. The third kappa shape index (κ3) is 4.01. The zero-order valence-electron chi connectivity index (χ0n) is 17.0. The Morgan fingerprint density at radius 2 is 1.88 bits per heavy atom. The van der Waals surface area contributed by atoms with E-state index >= 15 is 0 Å². The first kappa shape index (κ1) is 21.0. The molecule has 1 amide bonds. The van der Waals surface area contributed by atoms with Crippen molar-refractivity contribution in [3.05, 3.63) is 71.7 Å². The molecule has 0 aliphatic carbocycles. The van der Waals surface area contributed by atoms with Crippen molar-refractivity contribution in [3.63, 3.8) is 0 Å². The minimum Gasteiger partial charge on any atom is -0.342 e. The summed E-state index contributed by atoms with van der Waals surface area (Å²) in [5.41, 5.74) is 0.488. The standard InChI is InChI=1S/C22H16F4N6O/c23-13-10-28-20(22(24,25)26)8-12(13)17-9-19-16(6-3-7-32(19)31-17)30-21(33)18-11-27-14-4-1-2-5-15(14)29-18/h1-2,4-5,8-11,16H,3,6-7H2,(H,30,33). The number of alkyl halides is 3. The molecule has 4 aromatic rings. The van der Waals surface area contributed by atoms with Crippen molar-refractivity contribution in [3.8, 4) is 11.3 Å². The monoisotopic (exact) mass is 456 g/mol. The summed E-state index contributed by atoms with van der Waals surface area (Å²) in [6.07, 6.45) is -1.53. The van der Waals surface area contributed by atoms with Crippen molar-refractivity contribution in [2.45, 2.75) is 31.6 Å². The molecule has 1 unspecified atom stereocenters. The van der Waals surface area contributed by atoms with Crippen LogP contribution in [0, 0.1) is 5.82 Å². The molecular formula is C22H16F4N6O. The van der Waals surface area contributed by atoms with Crippen molar-refractivity contribution >= 4 is 16.9 Å². The zero-order valence-corrected chi connectivity index (χ0v) is 17.0. The van der Waals surface area contributed by atoms with Gasteiger partial charge in [-0.1, -0.05) is 12.1 Å². The average molecular weight is 456 g/mol. The molecule has 0 bridgehead atoms. The lowest BCUT2D eigenvalue weighted by molar-refractivity contribution is -0.141. The number of pyridine rings is 1. The summed E-state index contributed by atoms with van der Waals surface area (Å²) in [5.74, 6) is -1.35. The molecule has 7 nitrogen and oxygen atoms in total. The van der Waals surface area contributed by atoms with E-state index in [1.807, 2.05) is 6.07 Å². The zero-order chi connectivity index (χ0) is 23.2. The molecule has 0 spiro atoms. The average Bonchev–Trinajstić information content (AvgIpc) is 3.23. The number of rotatable bonds is 3. The lowest BCUT2D eigenvalue weighted by Gasteiger charge is -2.24. The van der Waals surface area contributed by atoms with Crippen LogP contribution in [0.2, 0.25) is 0 Å². The molecule has 1 atom stereocenters. The fourth-order valence-electron chi connectivity index (χ4n) is 3.85. The summed E-state index contributed by atoms with van der Waals surface area (Å²) in [4.78, 5) is 24.5. The number of fused-ring (bicyclic) bond motifs is 2. The molecule has 33 heavy (non-hydrogen) atoms. The predicted molar refractivity (Wildman–Crippen MR) is 109 cm³/mol. The first-order chi connectivity index (χ1) is 15.8. The number of nitrogens with zero attached hydrogens (tertiary/aromatic N) is 5. The fourth-order valence-corrected chi connectivity index (χ4v) is 3.85. The molecule has 3 aromatic heterocycles. The van der Waals surface area contributed by atoms with Gasteiger partial charge in [-0.05, 0) is 37.1 Å². The van der Waals surface area contributed by atoms with E-state index in [1.165, 1.54) is 12.3 Å². The first-order valence-corrected chi connectivity index (χ1v) is 10.1. The highest BCUT2D eigenvalue weighted by atomic mass is 19.4. The van der Waals surface area contributed by atoms with E-state index in [9.17, 15) is 22.4 Å². The van der Waals surface area contributed by atoms with Crippen LogP contribution in [0.25, 0.3) is 22.3 Å². The Bertz CT molecular complexity index is 1370. The van der Waals surface area contributed by atoms with Crippen LogP contribution in [0.4, 0.5) is 17.6 Å². The van der Waals surface area contributed by atoms with Crippen LogP contribution in [0.1, 0.15) is 40.8 Å². The normalized spacial score (nSPS) is 15.9. The Balaban J connectivity index is 1.44. The van der Waals surface area contributed by atoms with Gasteiger partial charge in [0.15, 0.2) is 5.82 Å². The topological polar surface area (TPSA) is 85.6 Å². The van der Waals surface area contributed by atoms with E-state index in [0.717, 1.165) is 0 Å². The summed E-state index contributed by atoms with van der Waals surface area (Å²) in [6, 6.07) is 8.82. The number of para-hydroxylation sites is 2. The number of halogens is 4. The molecule has 4 heterocycles. The van der Waals surface area contributed by atoms with E-state index in [0.29, 0.717) is 48.4 Å². The summed E-state index contributed by atoms with van der Waals surface area (Å²) in [6.45, 7) is 0.496. The summed E-state index contributed by atoms with van der Waals surface area (Å²) in [7, 11) is 0. The minimum atomic E-state index is -4.71. The summed E-state index contributed by atoms with van der Waals surface area (Å²) in [5, 5.41) is 7.16. The molecule has 0 radical (unpaired) electrons.